The van der Waals surface area contributed by atoms with E-state index in [-0.39, 0.29) is 23.0 Å². The Morgan fingerprint density at radius 1 is 1.43 bits per heavy atom. The van der Waals surface area contributed by atoms with E-state index < -0.39 is 47.9 Å². The number of carbonyl (C=O) groups excluding carboxylic acids is 1. The maximum Gasteiger partial charge on any atom is 0.284 e. The van der Waals surface area contributed by atoms with Crippen LogP contribution in [0, 0.1) is 12.7 Å². The number of nitrogens with two attached hydrogens (primary N) is 2. The van der Waals surface area contributed by atoms with E-state index in [2.05, 4.69) is 20.3 Å². The van der Waals surface area contributed by atoms with E-state index in [1.54, 1.807) is 6.92 Å². The molecule has 0 spiro atoms. The quantitative estimate of drug-likeness (QED) is 0.664. The number of rotatable bonds is 5. The van der Waals surface area contributed by atoms with Crippen molar-refractivity contribution >= 4 is 17.6 Å². The summed E-state index contributed by atoms with van der Waals surface area (Å²) in [4.78, 5) is 24.2. The predicted molar refractivity (Wildman–Crippen MR) is 101 cm³/mol. The summed E-state index contributed by atoms with van der Waals surface area (Å²) in [6.07, 6.45) is -3.60. The van der Waals surface area contributed by atoms with Gasteiger partial charge in [-0.15, -0.1) is 0 Å². The summed E-state index contributed by atoms with van der Waals surface area (Å²) >= 11 is 0. The van der Waals surface area contributed by atoms with E-state index in [0.29, 0.717) is 0 Å². The van der Waals surface area contributed by atoms with Crippen LogP contribution in [0.25, 0.3) is 0 Å². The first-order chi connectivity index (χ1) is 14.2. The lowest BCUT2D eigenvalue weighted by atomic mass is 9.85. The lowest BCUT2D eigenvalue weighted by molar-refractivity contribution is 0.00237. The number of benzene rings is 1. The van der Waals surface area contributed by atoms with Crippen LogP contribution in [0.5, 0.6) is 5.88 Å². The van der Waals surface area contributed by atoms with Crippen LogP contribution in [0.2, 0.25) is 0 Å². The number of amides is 1. The first-order valence-electron chi connectivity index (χ1n) is 8.71. The fourth-order valence-corrected chi connectivity index (χ4v) is 3.10. The lowest BCUT2D eigenvalue weighted by Gasteiger charge is -2.36. The van der Waals surface area contributed by atoms with Gasteiger partial charge < -0.3 is 20.5 Å². The Labute approximate surface area is 169 Å². The van der Waals surface area contributed by atoms with Gasteiger partial charge in [0.05, 0.1) is 19.0 Å². The highest BCUT2D eigenvalue weighted by molar-refractivity contribution is 6.03. The Balaban J connectivity index is 1.97. The minimum Gasteiger partial charge on any atom is -0.480 e. The molecule has 0 fully saturated rings. The number of carbonyl (C=O) groups is 1. The number of halogens is 3. The number of aromatic nitrogens is 2. The van der Waals surface area contributed by atoms with Crippen molar-refractivity contribution in [1.82, 2.24) is 9.97 Å². The van der Waals surface area contributed by atoms with Crippen molar-refractivity contribution < 1.29 is 27.4 Å². The number of ether oxygens (including phenoxy) is 2. The Hall–Kier alpha value is -3.41. The number of nitrogens with one attached hydrogen (secondary N) is 1. The number of nitrogens with zero attached hydrogens (tertiary/aromatic N) is 3. The molecule has 1 aliphatic heterocycles. The van der Waals surface area contributed by atoms with Gasteiger partial charge in [0.2, 0.25) is 5.88 Å². The number of aryl methyl sites for hydroxylation is 1. The Morgan fingerprint density at radius 3 is 2.77 bits per heavy atom. The lowest BCUT2D eigenvalue weighted by Crippen LogP contribution is -2.48. The number of amidine groups is 1. The third-order valence-electron chi connectivity index (χ3n) is 4.49. The molecule has 0 aliphatic carbocycles. The number of anilines is 1. The van der Waals surface area contributed by atoms with Crippen LogP contribution in [0.15, 0.2) is 29.4 Å². The van der Waals surface area contributed by atoms with E-state index >= 15 is 0 Å². The van der Waals surface area contributed by atoms with Gasteiger partial charge in [0.1, 0.15) is 11.5 Å². The number of hydrogen-bond acceptors (Lipinski definition) is 8. The van der Waals surface area contributed by atoms with E-state index in [1.165, 1.54) is 19.4 Å². The van der Waals surface area contributed by atoms with E-state index in [9.17, 15) is 18.0 Å². The van der Waals surface area contributed by atoms with Crippen LogP contribution in [-0.4, -0.2) is 41.7 Å². The van der Waals surface area contributed by atoms with Crippen molar-refractivity contribution in [3.8, 4) is 5.88 Å². The zero-order valence-electron chi connectivity index (χ0n) is 16.0. The fraction of sp³-hybridized carbons (Fsp3) is 0.333. The molecule has 12 heteroatoms. The molecule has 0 saturated heterocycles. The molecule has 1 aromatic heterocycles. The smallest absolute Gasteiger partial charge is 0.284 e. The standard InChI is InChI=1S/C18H19F3N6O3/c1-8-14(24-7-13(25-8)29-2)15(28)26-9-3-4-11(19)10(5-9)18(16(20)21)6-12(22)30-17(23)27-18/h3-5,7,12,16H,6,22H2,1-2H3,(H2,23,27)(H,26,28)/t12-,18+/m0/s1. The van der Waals surface area contributed by atoms with Gasteiger partial charge in [-0.1, -0.05) is 0 Å². The van der Waals surface area contributed by atoms with Crippen molar-refractivity contribution in [2.45, 2.75) is 31.5 Å². The summed E-state index contributed by atoms with van der Waals surface area (Å²) in [5, 5.41) is 2.49. The summed E-state index contributed by atoms with van der Waals surface area (Å²) in [6, 6.07) is 2.63. The van der Waals surface area contributed by atoms with Gasteiger partial charge in [-0.2, -0.15) is 0 Å². The summed E-state index contributed by atoms with van der Waals surface area (Å²) in [7, 11) is 1.40. The van der Waals surface area contributed by atoms with Crippen molar-refractivity contribution in [3.63, 3.8) is 0 Å². The molecule has 0 saturated carbocycles. The first kappa shape index (κ1) is 21.3. The monoisotopic (exact) mass is 424 g/mol. The van der Waals surface area contributed by atoms with Crippen LogP contribution < -0.4 is 21.5 Å². The molecule has 1 amide bonds. The van der Waals surface area contributed by atoms with Crippen LogP contribution in [0.3, 0.4) is 0 Å². The molecule has 1 aromatic carbocycles. The summed E-state index contributed by atoms with van der Waals surface area (Å²) < 4.78 is 52.4. The molecular weight excluding hydrogens is 405 g/mol. The van der Waals surface area contributed by atoms with Gasteiger partial charge in [0, 0.05) is 17.7 Å². The normalized spacial score (nSPS) is 21.0. The largest absolute Gasteiger partial charge is 0.480 e. The molecule has 30 heavy (non-hydrogen) atoms. The second-order valence-electron chi connectivity index (χ2n) is 6.53. The molecule has 3 rings (SSSR count). The van der Waals surface area contributed by atoms with Gasteiger partial charge in [-0.05, 0) is 25.1 Å². The number of hydrogen-bond donors (Lipinski definition) is 3. The Bertz CT molecular complexity index is 1000. The molecule has 2 atom stereocenters. The molecule has 0 radical (unpaired) electrons. The highest BCUT2D eigenvalue weighted by Gasteiger charge is 2.48. The predicted octanol–water partition coefficient (Wildman–Crippen LogP) is 1.67. The van der Waals surface area contributed by atoms with Gasteiger partial charge >= 0.3 is 0 Å². The number of aliphatic imine (C=N–C) groups is 1. The van der Waals surface area contributed by atoms with Crippen LogP contribution in [0.1, 0.15) is 28.2 Å². The number of alkyl halides is 2. The SMILES string of the molecule is COc1cnc(C(=O)Nc2ccc(F)c([C@@]3(C(F)F)C[C@@H](N)OC(N)=N3)c2)c(C)n1. The molecule has 2 aromatic rings. The minimum atomic E-state index is -3.14. The second-order valence-corrected chi connectivity index (χ2v) is 6.53. The molecule has 1 aliphatic rings. The molecular formula is C18H19F3N6O3. The third-order valence-corrected chi connectivity index (χ3v) is 4.49. The van der Waals surface area contributed by atoms with E-state index in [1.807, 2.05) is 0 Å². The summed E-state index contributed by atoms with van der Waals surface area (Å²) in [5.41, 5.74) is 8.56. The third kappa shape index (κ3) is 3.99. The molecule has 9 nitrogen and oxygen atoms in total. The summed E-state index contributed by atoms with van der Waals surface area (Å²) in [5.74, 6) is -1.41. The van der Waals surface area contributed by atoms with Gasteiger partial charge in [-0.3, -0.25) is 10.5 Å². The number of methoxy groups -OCH3 is 1. The molecule has 2 heterocycles. The van der Waals surface area contributed by atoms with Crippen LogP contribution >= 0.6 is 0 Å². The topological polar surface area (TPSA) is 138 Å². The fourth-order valence-electron chi connectivity index (χ4n) is 3.10. The summed E-state index contributed by atoms with van der Waals surface area (Å²) in [6.45, 7) is 1.55. The highest BCUT2D eigenvalue weighted by atomic mass is 19.3. The first-order valence-corrected chi connectivity index (χ1v) is 8.71. The van der Waals surface area contributed by atoms with Crippen molar-refractivity contribution in [3.05, 3.63) is 47.2 Å². The maximum absolute atomic E-state index is 14.5. The van der Waals surface area contributed by atoms with Crippen LogP contribution in [0.4, 0.5) is 18.9 Å². The molecule has 5 N–H and O–H groups in total. The Kier molecular flexibility index (Phi) is 5.78. The van der Waals surface area contributed by atoms with Crippen molar-refractivity contribution in [2.24, 2.45) is 16.5 Å². The molecule has 0 bridgehead atoms. The second kappa shape index (κ2) is 8.14. The van der Waals surface area contributed by atoms with E-state index in [0.717, 1.165) is 12.1 Å². The van der Waals surface area contributed by atoms with Gasteiger partial charge in [-0.25, -0.2) is 28.1 Å². The zero-order valence-corrected chi connectivity index (χ0v) is 16.0. The molecule has 0 unspecified atom stereocenters. The average Bonchev–Trinajstić information content (AvgIpc) is 2.68. The minimum absolute atomic E-state index is 0.0133. The maximum atomic E-state index is 14.5. The van der Waals surface area contributed by atoms with Gasteiger partial charge in [0.25, 0.3) is 18.4 Å². The molecule has 160 valence electrons. The average molecular weight is 424 g/mol. The van der Waals surface area contributed by atoms with E-state index in [4.69, 9.17) is 20.9 Å². The van der Waals surface area contributed by atoms with Crippen LogP contribution in [-0.2, 0) is 10.3 Å². The Morgan fingerprint density at radius 2 is 2.17 bits per heavy atom. The highest BCUT2D eigenvalue weighted by Crippen LogP contribution is 2.41. The van der Waals surface area contributed by atoms with Gasteiger partial charge in [0.15, 0.2) is 11.8 Å². The van der Waals surface area contributed by atoms with Crippen molar-refractivity contribution in [2.75, 3.05) is 12.4 Å². The zero-order chi connectivity index (χ0) is 22.1. The van der Waals surface area contributed by atoms with Crippen molar-refractivity contribution in [1.29, 1.82) is 0 Å².